The minimum absolute atomic E-state index is 0.0480. The second-order valence-corrected chi connectivity index (χ2v) is 6.92. The molecule has 0 saturated carbocycles. The quantitative estimate of drug-likeness (QED) is 0.719. The molecule has 27 heavy (non-hydrogen) atoms. The number of carbonyl (C=O) groups excluding carboxylic acids is 1. The number of anilines is 1. The van der Waals surface area contributed by atoms with Gasteiger partial charge < -0.3 is 14.4 Å². The van der Waals surface area contributed by atoms with Crippen LogP contribution in [-0.2, 0) is 14.3 Å². The lowest BCUT2D eigenvalue weighted by molar-refractivity contribution is -0.119. The first-order chi connectivity index (χ1) is 13.0. The van der Waals surface area contributed by atoms with Crippen LogP contribution in [0.5, 0.6) is 0 Å². The van der Waals surface area contributed by atoms with Crippen molar-refractivity contribution in [2.45, 2.75) is 13.8 Å². The van der Waals surface area contributed by atoms with E-state index in [-0.39, 0.29) is 17.9 Å². The molecule has 1 aromatic carbocycles. The highest BCUT2D eigenvalue weighted by molar-refractivity contribution is 7.22. The molecule has 3 rings (SSSR count). The van der Waals surface area contributed by atoms with E-state index in [1.54, 1.807) is 0 Å². The maximum atomic E-state index is 14.0. The average Bonchev–Trinajstić information content (AvgIpc) is 3.09. The van der Waals surface area contributed by atoms with E-state index in [2.05, 4.69) is 9.88 Å². The van der Waals surface area contributed by atoms with Crippen LogP contribution in [0.4, 0.5) is 13.9 Å². The lowest BCUT2D eigenvalue weighted by Gasteiger charge is -2.26. The van der Waals surface area contributed by atoms with Gasteiger partial charge in [-0.3, -0.25) is 9.69 Å². The summed E-state index contributed by atoms with van der Waals surface area (Å²) in [5.41, 5.74) is 0.0480. The van der Waals surface area contributed by atoms with Crippen LogP contribution < -0.4 is 4.90 Å². The van der Waals surface area contributed by atoms with E-state index < -0.39 is 17.5 Å². The molecular formula is C18H21F2N3O3S. The Labute approximate surface area is 160 Å². The molecule has 0 bridgehead atoms. The minimum Gasteiger partial charge on any atom is -0.494 e. The highest BCUT2D eigenvalue weighted by atomic mass is 32.1. The Morgan fingerprint density at radius 1 is 1.22 bits per heavy atom. The number of benzene rings is 1. The molecule has 0 N–H and O–H groups in total. The van der Waals surface area contributed by atoms with Crippen LogP contribution in [0.3, 0.4) is 0 Å². The summed E-state index contributed by atoms with van der Waals surface area (Å²) < 4.78 is 38.5. The maximum absolute atomic E-state index is 14.0. The molecule has 1 aliphatic rings. The molecule has 1 amide bonds. The molecule has 0 fully saturated rings. The third-order valence-electron chi connectivity index (χ3n) is 4.27. The number of hydrogen-bond donors (Lipinski definition) is 0. The van der Waals surface area contributed by atoms with Gasteiger partial charge in [-0.1, -0.05) is 25.2 Å². The Bertz CT molecular complexity index is 852. The zero-order chi connectivity index (χ0) is 19.4. The summed E-state index contributed by atoms with van der Waals surface area (Å²) >= 11 is 1.06. The standard InChI is InChI=1S/C18H21F2N3O3S/c1-3-22(4-2)5-6-23(17(24)14-11-25-7-8-26-14)18-21-16-13(20)9-12(19)10-15(16)27-18/h9-11H,3-8H2,1-2H3. The van der Waals surface area contributed by atoms with Crippen molar-refractivity contribution in [3.8, 4) is 0 Å². The van der Waals surface area contributed by atoms with Gasteiger partial charge in [0.25, 0.3) is 5.91 Å². The second kappa shape index (κ2) is 8.62. The van der Waals surface area contributed by atoms with E-state index in [0.717, 1.165) is 30.5 Å². The summed E-state index contributed by atoms with van der Waals surface area (Å²) in [5, 5.41) is 0.293. The van der Waals surface area contributed by atoms with Crippen LogP contribution in [0.25, 0.3) is 10.2 Å². The number of amides is 1. The second-order valence-electron chi connectivity index (χ2n) is 5.92. The highest BCUT2D eigenvalue weighted by Crippen LogP contribution is 2.32. The molecule has 146 valence electrons. The Hall–Kier alpha value is -2.26. The van der Waals surface area contributed by atoms with Gasteiger partial charge >= 0.3 is 0 Å². The van der Waals surface area contributed by atoms with Crippen molar-refractivity contribution in [1.82, 2.24) is 9.88 Å². The molecule has 6 nitrogen and oxygen atoms in total. The first kappa shape index (κ1) is 19.5. The first-order valence-corrected chi connectivity index (χ1v) is 9.59. The number of aromatic nitrogens is 1. The summed E-state index contributed by atoms with van der Waals surface area (Å²) in [6.07, 6.45) is 1.28. The lowest BCUT2D eigenvalue weighted by atomic mass is 10.3. The van der Waals surface area contributed by atoms with Gasteiger partial charge in [-0.05, 0) is 19.2 Å². The molecule has 0 aliphatic carbocycles. The highest BCUT2D eigenvalue weighted by Gasteiger charge is 2.27. The number of thiazole rings is 1. The molecular weight excluding hydrogens is 376 g/mol. The number of nitrogens with zero attached hydrogens (tertiary/aromatic N) is 3. The van der Waals surface area contributed by atoms with Gasteiger partial charge in [0.05, 0.1) is 4.70 Å². The summed E-state index contributed by atoms with van der Waals surface area (Å²) in [6, 6.07) is 2.00. The average molecular weight is 397 g/mol. The van der Waals surface area contributed by atoms with E-state index in [1.807, 2.05) is 13.8 Å². The predicted octanol–water partition coefficient (Wildman–Crippen LogP) is 3.14. The van der Waals surface area contributed by atoms with Crippen LogP contribution in [0.15, 0.2) is 24.2 Å². The molecule has 2 heterocycles. The van der Waals surface area contributed by atoms with E-state index in [1.165, 1.54) is 17.2 Å². The van der Waals surface area contributed by atoms with Crippen molar-refractivity contribution >= 4 is 32.6 Å². The van der Waals surface area contributed by atoms with Crippen LogP contribution >= 0.6 is 11.3 Å². The molecule has 1 aliphatic heterocycles. The maximum Gasteiger partial charge on any atom is 0.298 e. The van der Waals surface area contributed by atoms with Gasteiger partial charge in [0.15, 0.2) is 10.9 Å². The van der Waals surface area contributed by atoms with Crippen LogP contribution in [-0.4, -0.2) is 55.2 Å². The zero-order valence-electron chi connectivity index (χ0n) is 15.2. The molecule has 0 atom stereocenters. The van der Waals surface area contributed by atoms with Gasteiger partial charge in [-0.15, -0.1) is 0 Å². The Morgan fingerprint density at radius 2 is 2.00 bits per heavy atom. The summed E-state index contributed by atoms with van der Waals surface area (Å²) in [7, 11) is 0. The van der Waals surface area contributed by atoms with Crippen molar-refractivity contribution in [2.75, 3.05) is 44.3 Å². The number of hydrogen-bond acceptors (Lipinski definition) is 6. The fraction of sp³-hybridized carbons (Fsp3) is 0.444. The number of fused-ring (bicyclic) bond motifs is 1. The topological polar surface area (TPSA) is 54.9 Å². The van der Waals surface area contributed by atoms with Gasteiger partial charge in [-0.25, -0.2) is 13.8 Å². The molecule has 9 heteroatoms. The van der Waals surface area contributed by atoms with Crippen molar-refractivity contribution < 1.29 is 23.0 Å². The molecule has 0 radical (unpaired) electrons. The molecule has 0 saturated heterocycles. The summed E-state index contributed by atoms with van der Waals surface area (Å²) in [5.74, 6) is -1.77. The van der Waals surface area contributed by atoms with Gasteiger partial charge in [0, 0.05) is 19.2 Å². The Kier molecular flexibility index (Phi) is 6.22. The molecule has 0 spiro atoms. The van der Waals surface area contributed by atoms with Crippen molar-refractivity contribution in [2.24, 2.45) is 0 Å². The predicted molar refractivity (Wildman–Crippen MR) is 99.7 cm³/mol. The first-order valence-electron chi connectivity index (χ1n) is 8.77. The summed E-state index contributed by atoms with van der Waals surface area (Å²) in [4.78, 5) is 20.8. The van der Waals surface area contributed by atoms with E-state index in [4.69, 9.17) is 9.47 Å². The van der Waals surface area contributed by atoms with E-state index in [9.17, 15) is 13.6 Å². The molecule has 2 aromatic rings. The van der Waals surface area contributed by atoms with E-state index >= 15 is 0 Å². The van der Waals surface area contributed by atoms with Gasteiger partial charge in [0.2, 0.25) is 5.76 Å². The molecule has 0 unspecified atom stereocenters. The third kappa shape index (κ3) is 4.36. The molecule has 1 aromatic heterocycles. The minimum atomic E-state index is -0.750. The number of likely N-dealkylation sites (N-methyl/N-ethyl adjacent to an activating group) is 1. The van der Waals surface area contributed by atoms with Crippen LogP contribution in [0, 0.1) is 11.6 Å². The van der Waals surface area contributed by atoms with Gasteiger partial charge in [-0.2, -0.15) is 0 Å². The number of rotatable bonds is 7. The Morgan fingerprint density at radius 3 is 2.67 bits per heavy atom. The normalized spacial score (nSPS) is 14.0. The van der Waals surface area contributed by atoms with Crippen LogP contribution in [0.1, 0.15) is 13.8 Å². The smallest absolute Gasteiger partial charge is 0.298 e. The summed E-state index contributed by atoms with van der Waals surface area (Å²) in [6.45, 7) is 7.34. The SMILES string of the molecule is CCN(CC)CCN(C(=O)C1=COCCO1)c1nc2c(F)cc(F)cc2s1. The van der Waals surface area contributed by atoms with Gasteiger partial charge in [0.1, 0.15) is 30.8 Å². The fourth-order valence-corrected chi connectivity index (χ4v) is 3.77. The van der Waals surface area contributed by atoms with E-state index in [0.29, 0.717) is 29.5 Å². The fourth-order valence-electron chi connectivity index (χ4n) is 2.74. The van der Waals surface area contributed by atoms with Crippen molar-refractivity contribution in [3.05, 3.63) is 35.8 Å². The number of halogens is 2. The van der Waals surface area contributed by atoms with Crippen molar-refractivity contribution in [1.29, 1.82) is 0 Å². The third-order valence-corrected chi connectivity index (χ3v) is 5.30. The van der Waals surface area contributed by atoms with Crippen molar-refractivity contribution in [3.63, 3.8) is 0 Å². The number of carbonyl (C=O) groups is 1. The number of ether oxygens (including phenoxy) is 2. The van der Waals surface area contributed by atoms with Crippen LogP contribution in [0.2, 0.25) is 0 Å². The Balaban J connectivity index is 1.94. The monoisotopic (exact) mass is 397 g/mol. The zero-order valence-corrected chi connectivity index (χ0v) is 16.0. The lowest BCUT2D eigenvalue weighted by Crippen LogP contribution is -2.40. The largest absolute Gasteiger partial charge is 0.494 e.